The summed E-state index contributed by atoms with van der Waals surface area (Å²) in [7, 11) is 1.65. The van der Waals surface area contributed by atoms with Crippen molar-refractivity contribution in [1.82, 2.24) is 9.80 Å². The van der Waals surface area contributed by atoms with Crippen molar-refractivity contribution in [2.75, 3.05) is 33.4 Å². The molecule has 5 nitrogen and oxygen atoms in total. The number of methoxy groups -OCH3 is 1. The molecule has 1 aromatic heterocycles. The molecule has 0 radical (unpaired) electrons. The molecule has 2 atom stereocenters. The SMILES string of the molecule is COCCN1C(=O)[C@@H]2CC[C@H]1CN(C(=O)c1sc3ccccc3c1C)C2. The number of aryl methyl sites for hydroxylation is 1. The highest BCUT2D eigenvalue weighted by Crippen LogP contribution is 2.34. The summed E-state index contributed by atoms with van der Waals surface area (Å²) >= 11 is 1.56. The van der Waals surface area contributed by atoms with E-state index in [1.54, 1.807) is 18.4 Å². The van der Waals surface area contributed by atoms with Gasteiger partial charge in [-0.2, -0.15) is 0 Å². The lowest BCUT2D eigenvalue weighted by Crippen LogP contribution is -2.49. The zero-order chi connectivity index (χ0) is 18.3. The van der Waals surface area contributed by atoms with Crippen LogP contribution >= 0.6 is 11.3 Å². The molecule has 3 saturated heterocycles. The normalized spacial score (nSPS) is 22.9. The number of amides is 2. The minimum Gasteiger partial charge on any atom is -0.383 e. The fourth-order valence-electron chi connectivity index (χ4n) is 4.21. The quantitative estimate of drug-likeness (QED) is 0.829. The Balaban J connectivity index is 1.61. The van der Waals surface area contributed by atoms with Gasteiger partial charge in [0.1, 0.15) is 0 Å². The van der Waals surface area contributed by atoms with Crippen LogP contribution in [0.15, 0.2) is 24.3 Å². The third kappa shape index (κ3) is 2.91. The average Bonchev–Trinajstić information content (AvgIpc) is 2.80. The molecule has 3 fully saturated rings. The maximum atomic E-state index is 13.3. The van der Waals surface area contributed by atoms with Crippen molar-refractivity contribution in [3.63, 3.8) is 0 Å². The predicted octanol–water partition coefficient (Wildman–Crippen LogP) is 2.92. The molecule has 0 unspecified atom stereocenters. The molecule has 0 aliphatic carbocycles. The number of carbonyl (C=O) groups is 2. The molecule has 0 saturated carbocycles. The molecule has 3 aliphatic heterocycles. The third-order valence-corrected chi connectivity index (χ3v) is 6.92. The molecule has 2 bridgehead atoms. The first-order valence-electron chi connectivity index (χ1n) is 9.17. The lowest BCUT2D eigenvalue weighted by Gasteiger charge is -2.35. The number of rotatable bonds is 4. The molecule has 3 aliphatic rings. The number of hydrogen-bond donors (Lipinski definition) is 0. The Morgan fingerprint density at radius 3 is 2.85 bits per heavy atom. The van der Waals surface area contributed by atoms with Crippen LogP contribution in [0.2, 0.25) is 0 Å². The Kier molecular flexibility index (Phi) is 4.71. The Hall–Kier alpha value is -1.92. The van der Waals surface area contributed by atoms with Crippen molar-refractivity contribution in [2.45, 2.75) is 25.8 Å². The Labute approximate surface area is 157 Å². The van der Waals surface area contributed by atoms with Gasteiger partial charge in [-0.1, -0.05) is 18.2 Å². The first kappa shape index (κ1) is 17.5. The van der Waals surface area contributed by atoms with Crippen LogP contribution in [0, 0.1) is 12.8 Å². The summed E-state index contributed by atoms with van der Waals surface area (Å²) in [5, 5.41) is 1.15. The number of benzene rings is 1. The highest BCUT2D eigenvalue weighted by atomic mass is 32.1. The van der Waals surface area contributed by atoms with Gasteiger partial charge in [-0.3, -0.25) is 9.59 Å². The Morgan fingerprint density at radius 1 is 1.27 bits per heavy atom. The van der Waals surface area contributed by atoms with Crippen LogP contribution in [0.5, 0.6) is 0 Å². The van der Waals surface area contributed by atoms with E-state index >= 15 is 0 Å². The zero-order valence-electron chi connectivity index (χ0n) is 15.2. The standard InChI is InChI=1S/C20H24N2O3S/c1-13-16-5-3-4-6-17(16)26-18(13)20(24)21-11-14-7-8-15(12-21)22(19(14)23)9-10-25-2/h3-6,14-15H,7-12H2,1-2H3/t14-,15+/m1/s1. The monoisotopic (exact) mass is 372 g/mol. The van der Waals surface area contributed by atoms with Crippen LogP contribution in [0.3, 0.4) is 0 Å². The van der Waals surface area contributed by atoms with E-state index in [1.807, 2.05) is 28.9 Å². The summed E-state index contributed by atoms with van der Waals surface area (Å²) in [4.78, 5) is 30.7. The fourth-order valence-corrected chi connectivity index (χ4v) is 5.39. The molecule has 6 heteroatoms. The molecule has 5 rings (SSSR count). The van der Waals surface area contributed by atoms with Gasteiger partial charge in [0.15, 0.2) is 0 Å². The summed E-state index contributed by atoms with van der Waals surface area (Å²) in [6.07, 6.45) is 1.84. The van der Waals surface area contributed by atoms with Gasteiger partial charge in [-0.25, -0.2) is 0 Å². The number of piperidine rings is 1. The van der Waals surface area contributed by atoms with E-state index in [2.05, 4.69) is 12.1 Å². The molecule has 138 valence electrons. The first-order valence-corrected chi connectivity index (χ1v) is 9.98. The van der Waals surface area contributed by atoms with Crippen LogP contribution in [0.25, 0.3) is 10.1 Å². The molecule has 2 aromatic rings. The van der Waals surface area contributed by atoms with E-state index in [0.717, 1.165) is 33.4 Å². The minimum absolute atomic E-state index is 0.0713. The smallest absolute Gasteiger partial charge is 0.264 e. The highest BCUT2D eigenvalue weighted by Gasteiger charge is 2.42. The van der Waals surface area contributed by atoms with E-state index in [-0.39, 0.29) is 23.8 Å². The Morgan fingerprint density at radius 2 is 2.08 bits per heavy atom. The van der Waals surface area contributed by atoms with Gasteiger partial charge in [-0.15, -0.1) is 11.3 Å². The second kappa shape index (κ2) is 7.00. The molecule has 0 spiro atoms. The topological polar surface area (TPSA) is 49.9 Å². The number of nitrogens with zero attached hydrogens (tertiary/aromatic N) is 2. The lowest BCUT2D eigenvalue weighted by molar-refractivity contribution is -0.140. The van der Waals surface area contributed by atoms with Crippen LogP contribution in [0.1, 0.15) is 28.1 Å². The van der Waals surface area contributed by atoms with Crippen LogP contribution in [0.4, 0.5) is 0 Å². The van der Waals surface area contributed by atoms with E-state index < -0.39 is 0 Å². The minimum atomic E-state index is -0.0794. The van der Waals surface area contributed by atoms with Gasteiger partial charge >= 0.3 is 0 Å². The molecule has 1 aromatic carbocycles. The molecule has 26 heavy (non-hydrogen) atoms. The number of fused-ring (bicyclic) bond motifs is 5. The lowest BCUT2D eigenvalue weighted by atomic mass is 9.94. The summed E-state index contributed by atoms with van der Waals surface area (Å²) in [6, 6.07) is 8.25. The second-order valence-electron chi connectivity index (χ2n) is 7.22. The van der Waals surface area contributed by atoms with Crippen LogP contribution < -0.4 is 0 Å². The third-order valence-electron chi connectivity index (χ3n) is 5.65. The van der Waals surface area contributed by atoms with Crippen LogP contribution in [-0.4, -0.2) is 61.0 Å². The van der Waals surface area contributed by atoms with Crippen molar-refractivity contribution >= 4 is 33.2 Å². The molecular formula is C20H24N2O3S. The number of carbonyl (C=O) groups excluding carboxylic acids is 2. The summed E-state index contributed by atoms with van der Waals surface area (Å²) in [6.45, 7) is 4.33. The maximum Gasteiger partial charge on any atom is 0.264 e. The fraction of sp³-hybridized carbons (Fsp3) is 0.500. The molecule has 0 N–H and O–H groups in total. The van der Waals surface area contributed by atoms with E-state index in [4.69, 9.17) is 4.74 Å². The van der Waals surface area contributed by atoms with Gasteiger partial charge in [0.05, 0.1) is 17.4 Å². The molecule has 4 heterocycles. The largest absolute Gasteiger partial charge is 0.383 e. The maximum absolute atomic E-state index is 13.3. The van der Waals surface area contributed by atoms with E-state index in [1.165, 1.54) is 0 Å². The van der Waals surface area contributed by atoms with Crippen LogP contribution in [-0.2, 0) is 9.53 Å². The zero-order valence-corrected chi connectivity index (χ0v) is 16.1. The van der Waals surface area contributed by atoms with Gasteiger partial charge in [-0.05, 0) is 36.8 Å². The van der Waals surface area contributed by atoms with E-state index in [0.29, 0.717) is 26.2 Å². The number of ether oxygens (including phenoxy) is 1. The second-order valence-corrected chi connectivity index (χ2v) is 8.27. The number of thiophene rings is 1. The molecular weight excluding hydrogens is 348 g/mol. The Bertz CT molecular complexity index is 847. The van der Waals surface area contributed by atoms with Gasteiger partial charge in [0.25, 0.3) is 5.91 Å². The summed E-state index contributed by atoms with van der Waals surface area (Å²) in [5.74, 6) is 0.174. The molecule has 2 amide bonds. The van der Waals surface area contributed by atoms with Crippen molar-refractivity contribution in [3.05, 3.63) is 34.7 Å². The summed E-state index contributed by atoms with van der Waals surface area (Å²) in [5.41, 5.74) is 1.05. The van der Waals surface area contributed by atoms with E-state index in [9.17, 15) is 9.59 Å². The predicted molar refractivity (Wildman–Crippen MR) is 103 cm³/mol. The first-order chi connectivity index (χ1) is 12.6. The average molecular weight is 372 g/mol. The van der Waals surface area contributed by atoms with Crippen molar-refractivity contribution < 1.29 is 14.3 Å². The van der Waals surface area contributed by atoms with Gasteiger partial charge in [0.2, 0.25) is 5.91 Å². The van der Waals surface area contributed by atoms with Gasteiger partial charge in [0, 0.05) is 37.5 Å². The summed E-state index contributed by atoms with van der Waals surface area (Å²) < 4.78 is 6.30. The highest BCUT2D eigenvalue weighted by molar-refractivity contribution is 7.21. The van der Waals surface area contributed by atoms with Crippen molar-refractivity contribution in [1.29, 1.82) is 0 Å². The van der Waals surface area contributed by atoms with Crippen molar-refractivity contribution in [2.24, 2.45) is 5.92 Å². The number of hydrogen-bond acceptors (Lipinski definition) is 4. The van der Waals surface area contributed by atoms with Gasteiger partial charge < -0.3 is 14.5 Å². The van der Waals surface area contributed by atoms with Crippen molar-refractivity contribution in [3.8, 4) is 0 Å².